The van der Waals surface area contributed by atoms with Gasteiger partial charge in [0.05, 0.1) is 13.5 Å². The van der Waals surface area contributed by atoms with Gasteiger partial charge >= 0.3 is 12.6 Å². The highest BCUT2D eigenvalue weighted by atomic mass is 19.3. The number of carbonyl (C=O) groups is 3. The van der Waals surface area contributed by atoms with Crippen LogP contribution in [-0.4, -0.2) is 38.1 Å². The quantitative estimate of drug-likeness (QED) is 0.677. The normalized spacial score (nSPS) is 10.4. The standard InChI is InChI=1S/C20H19F2NO6/c1-12-3-4-13(9-16(12)27-2)10-18(25)28-11-17(24)23-19(26)14-5-7-15(8-6-14)29-20(21)22/h3-9,20H,10-11H2,1-2H3,(H,23,24,26). The molecule has 0 saturated carbocycles. The first-order chi connectivity index (χ1) is 13.8. The summed E-state index contributed by atoms with van der Waals surface area (Å²) in [7, 11) is 1.52. The zero-order valence-corrected chi connectivity index (χ0v) is 15.7. The maximum atomic E-state index is 12.1. The Bertz CT molecular complexity index is 883. The van der Waals surface area contributed by atoms with Crippen molar-refractivity contribution in [1.82, 2.24) is 5.32 Å². The van der Waals surface area contributed by atoms with Gasteiger partial charge in [0.1, 0.15) is 11.5 Å². The molecule has 0 bridgehead atoms. The molecular formula is C20H19F2NO6. The lowest BCUT2D eigenvalue weighted by atomic mass is 10.1. The molecule has 2 amide bonds. The number of hydrogen-bond acceptors (Lipinski definition) is 6. The van der Waals surface area contributed by atoms with Gasteiger partial charge in [-0.25, -0.2) is 0 Å². The zero-order chi connectivity index (χ0) is 21.4. The van der Waals surface area contributed by atoms with Crippen LogP contribution in [0.5, 0.6) is 11.5 Å². The Hall–Kier alpha value is -3.49. The molecule has 154 valence electrons. The lowest BCUT2D eigenvalue weighted by molar-refractivity contribution is -0.147. The summed E-state index contributed by atoms with van der Waals surface area (Å²) >= 11 is 0. The number of ether oxygens (including phenoxy) is 3. The maximum Gasteiger partial charge on any atom is 0.387 e. The predicted octanol–water partition coefficient (Wildman–Crippen LogP) is 2.65. The molecule has 1 N–H and O–H groups in total. The van der Waals surface area contributed by atoms with Crippen LogP contribution in [0, 0.1) is 6.92 Å². The molecule has 0 fully saturated rings. The molecule has 0 radical (unpaired) electrons. The van der Waals surface area contributed by atoms with Gasteiger partial charge in [-0.3, -0.25) is 19.7 Å². The number of esters is 1. The number of nitrogens with one attached hydrogen (secondary N) is 1. The Balaban J connectivity index is 1.81. The highest BCUT2D eigenvalue weighted by Crippen LogP contribution is 2.19. The van der Waals surface area contributed by atoms with Crippen LogP contribution in [0.1, 0.15) is 21.5 Å². The maximum absolute atomic E-state index is 12.1. The Morgan fingerprint density at radius 2 is 1.76 bits per heavy atom. The van der Waals surface area contributed by atoms with E-state index in [1.807, 2.05) is 12.2 Å². The van der Waals surface area contributed by atoms with Gasteiger partial charge in [-0.05, 0) is 48.4 Å². The molecule has 7 nitrogen and oxygen atoms in total. The molecule has 0 aliphatic rings. The number of aryl methyl sites for hydroxylation is 1. The summed E-state index contributed by atoms with van der Waals surface area (Å²) in [6.45, 7) is -1.76. The number of amides is 2. The van der Waals surface area contributed by atoms with Crippen molar-refractivity contribution in [3.63, 3.8) is 0 Å². The summed E-state index contributed by atoms with van der Waals surface area (Å²) in [5, 5.41) is 2.04. The fraction of sp³-hybridized carbons (Fsp3) is 0.250. The van der Waals surface area contributed by atoms with Gasteiger partial charge in [0.15, 0.2) is 6.61 Å². The molecule has 0 spiro atoms. The van der Waals surface area contributed by atoms with E-state index in [-0.39, 0.29) is 17.7 Å². The van der Waals surface area contributed by atoms with Crippen LogP contribution in [-0.2, 0) is 20.7 Å². The van der Waals surface area contributed by atoms with Crippen LogP contribution in [0.25, 0.3) is 0 Å². The van der Waals surface area contributed by atoms with E-state index in [1.165, 1.54) is 31.4 Å². The second-order valence-corrected chi connectivity index (χ2v) is 5.92. The van der Waals surface area contributed by atoms with Crippen molar-refractivity contribution >= 4 is 17.8 Å². The summed E-state index contributed by atoms with van der Waals surface area (Å²) in [5.41, 5.74) is 1.62. The second kappa shape index (κ2) is 10.2. The molecule has 0 unspecified atom stereocenters. The average molecular weight is 407 g/mol. The van der Waals surface area contributed by atoms with Gasteiger partial charge in [0.2, 0.25) is 0 Å². The predicted molar refractivity (Wildman–Crippen MR) is 97.9 cm³/mol. The van der Waals surface area contributed by atoms with Gasteiger partial charge in [-0.2, -0.15) is 8.78 Å². The number of benzene rings is 2. The molecule has 29 heavy (non-hydrogen) atoms. The molecule has 0 aliphatic heterocycles. The highest BCUT2D eigenvalue weighted by molar-refractivity contribution is 6.05. The van der Waals surface area contributed by atoms with Crippen LogP contribution >= 0.6 is 0 Å². The summed E-state index contributed by atoms with van der Waals surface area (Å²) in [6, 6.07) is 10.0. The van der Waals surface area contributed by atoms with Gasteiger partial charge in [-0.1, -0.05) is 12.1 Å². The van der Waals surface area contributed by atoms with Crippen molar-refractivity contribution in [3.8, 4) is 11.5 Å². The molecule has 0 heterocycles. The third kappa shape index (κ3) is 6.87. The number of methoxy groups -OCH3 is 1. The average Bonchev–Trinajstić information content (AvgIpc) is 2.68. The molecule has 9 heteroatoms. The van der Waals surface area contributed by atoms with Gasteiger partial charge in [0.25, 0.3) is 11.8 Å². The molecule has 2 aromatic carbocycles. The molecule has 0 aromatic heterocycles. The second-order valence-electron chi connectivity index (χ2n) is 5.92. The van der Waals surface area contributed by atoms with Crippen LogP contribution in [0.4, 0.5) is 8.78 Å². The van der Waals surface area contributed by atoms with Crippen molar-refractivity contribution in [2.24, 2.45) is 0 Å². The van der Waals surface area contributed by atoms with Crippen molar-refractivity contribution in [2.45, 2.75) is 20.0 Å². The molecule has 0 atom stereocenters. The largest absolute Gasteiger partial charge is 0.496 e. The topological polar surface area (TPSA) is 90.9 Å². The number of halogens is 2. The summed E-state index contributed by atoms with van der Waals surface area (Å²) in [4.78, 5) is 35.6. The van der Waals surface area contributed by atoms with Gasteiger partial charge in [0, 0.05) is 5.56 Å². The van der Waals surface area contributed by atoms with E-state index in [2.05, 4.69) is 4.74 Å². The Morgan fingerprint density at radius 3 is 2.38 bits per heavy atom. The van der Waals surface area contributed by atoms with Crippen LogP contribution in [0.15, 0.2) is 42.5 Å². The first kappa shape index (κ1) is 21.8. The van der Waals surface area contributed by atoms with Crippen molar-refractivity contribution < 1.29 is 37.4 Å². The molecule has 2 rings (SSSR count). The van der Waals surface area contributed by atoms with Gasteiger partial charge in [-0.15, -0.1) is 0 Å². The molecule has 0 saturated heterocycles. The Kier molecular flexibility index (Phi) is 7.64. The zero-order valence-electron chi connectivity index (χ0n) is 15.7. The van der Waals surface area contributed by atoms with E-state index in [9.17, 15) is 23.2 Å². The number of carbonyl (C=O) groups excluding carboxylic acids is 3. The van der Waals surface area contributed by atoms with Crippen LogP contribution in [0.2, 0.25) is 0 Å². The van der Waals surface area contributed by atoms with E-state index in [4.69, 9.17) is 9.47 Å². The summed E-state index contributed by atoms with van der Waals surface area (Å²) < 4.78 is 38.4. The Morgan fingerprint density at radius 1 is 1.07 bits per heavy atom. The fourth-order valence-corrected chi connectivity index (χ4v) is 2.36. The molecular weight excluding hydrogens is 388 g/mol. The van der Waals surface area contributed by atoms with E-state index in [0.717, 1.165) is 5.56 Å². The number of alkyl halides is 2. The lowest BCUT2D eigenvalue weighted by Gasteiger charge is -2.09. The number of hydrogen-bond donors (Lipinski definition) is 1. The van der Waals surface area contributed by atoms with Crippen molar-refractivity contribution in [3.05, 3.63) is 59.2 Å². The third-order valence-electron chi connectivity index (χ3n) is 3.78. The lowest BCUT2D eigenvalue weighted by Crippen LogP contribution is -2.34. The fourth-order valence-electron chi connectivity index (χ4n) is 2.36. The SMILES string of the molecule is COc1cc(CC(=O)OCC(=O)NC(=O)c2ccc(OC(F)F)cc2)ccc1C. The first-order valence-electron chi connectivity index (χ1n) is 8.46. The van der Waals surface area contributed by atoms with Crippen LogP contribution in [0.3, 0.4) is 0 Å². The first-order valence-corrected chi connectivity index (χ1v) is 8.46. The third-order valence-corrected chi connectivity index (χ3v) is 3.78. The van der Waals surface area contributed by atoms with Crippen LogP contribution < -0.4 is 14.8 Å². The molecule has 0 aliphatic carbocycles. The highest BCUT2D eigenvalue weighted by Gasteiger charge is 2.14. The van der Waals surface area contributed by atoms with E-state index >= 15 is 0 Å². The molecule has 2 aromatic rings. The van der Waals surface area contributed by atoms with E-state index in [0.29, 0.717) is 11.3 Å². The monoisotopic (exact) mass is 407 g/mol. The van der Waals surface area contributed by atoms with Crippen molar-refractivity contribution in [1.29, 1.82) is 0 Å². The minimum Gasteiger partial charge on any atom is -0.496 e. The smallest absolute Gasteiger partial charge is 0.387 e. The number of imide groups is 1. The number of rotatable bonds is 8. The Labute approximate surface area is 165 Å². The minimum atomic E-state index is -2.98. The van der Waals surface area contributed by atoms with Crippen molar-refractivity contribution in [2.75, 3.05) is 13.7 Å². The summed E-state index contributed by atoms with van der Waals surface area (Å²) in [6.07, 6.45) is -0.0660. The van der Waals surface area contributed by atoms with E-state index < -0.39 is 31.0 Å². The van der Waals surface area contributed by atoms with E-state index in [1.54, 1.807) is 18.2 Å². The van der Waals surface area contributed by atoms with Gasteiger partial charge < -0.3 is 14.2 Å². The summed E-state index contributed by atoms with van der Waals surface area (Å²) in [5.74, 6) is -1.73. The minimum absolute atomic E-state index is 0.0537.